The van der Waals surface area contributed by atoms with Gasteiger partial charge in [0.25, 0.3) is 0 Å². The summed E-state index contributed by atoms with van der Waals surface area (Å²) in [4.78, 5) is 4.78. The molecule has 0 saturated carbocycles. The molecule has 0 aliphatic rings. The third-order valence-electron chi connectivity index (χ3n) is 6.81. The SMILES string of the molecule is CCC(Pc1c(C)cccc1/C=N/c1ccccc1)c1cc(C)cc(C(C)(C)C)c1OCc1ccccc1. The number of benzene rings is 4. The van der Waals surface area contributed by atoms with Crippen LogP contribution in [0.4, 0.5) is 5.69 Å². The van der Waals surface area contributed by atoms with E-state index >= 15 is 0 Å². The van der Waals surface area contributed by atoms with E-state index < -0.39 is 0 Å². The van der Waals surface area contributed by atoms with E-state index in [0.29, 0.717) is 20.8 Å². The van der Waals surface area contributed by atoms with Gasteiger partial charge in [-0.1, -0.05) is 121 Å². The standard InChI is InChI=1S/C35H40NOP/c1-7-32(38-34-26(3)15-14-18-28(34)23-36-29-19-12-9-13-20-29)30-21-25(2)22-31(35(4,5)6)33(30)37-24-27-16-10-8-11-17-27/h8-23,32,38H,7,24H2,1-6H3/b36-23+. The molecule has 196 valence electrons. The third-order valence-corrected chi connectivity index (χ3v) is 8.85. The van der Waals surface area contributed by atoms with E-state index in [-0.39, 0.29) is 5.41 Å². The number of hydrogen-bond acceptors (Lipinski definition) is 2. The topological polar surface area (TPSA) is 21.6 Å². The van der Waals surface area contributed by atoms with Crippen LogP contribution in [0.25, 0.3) is 0 Å². The van der Waals surface area contributed by atoms with Gasteiger partial charge in [-0.05, 0) is 54.2 Å². The van der Waals surface area contributed by atoms with Gasteiger partial charge in [0.15, 0.2) is 0 Å². The molecule has 0 N–H and O–H groups in total. The first kappa shape index (κ1) is 27.8. The van der Waals surface area contributed by atoms with Gasteiger partial charge >= 0.3 is 0 Å². The predicted molar refractivity (Wildman–Crippen MR) is 167 cm³/mol. The highest BCUT2D eigenvalue weighted by Crippen LogP contribution is 2.46. The molecule has 3 heteroatoms. The van der Waals surface area contributed by atoms with Gasteiger partial charge in [-0.25, -0.2) is 0 Å². The fraction of sp³-hybridized carbons (Fsp3) is 0.286. The first-order chi connectivity index (χ1) is 18.3. The summed E-state index contributed by atoms with van der Waals surface area (Å²) in [5.41, 5.74) is 8.89. The molecule has 0 bridgehead atoms. The van der Waals surface area contributed by atoms with Crippen molar-refractivity contribution in [2.45, 2.75) is 65.6 Å². The van der Waals surface area contributed by atoms with Gasteiger partial charge in [0.2, 0.25) is 0 Å². The van der Waals surface area contributed by atoms with E-state index in [4.69, 9.17) is 9.73 Å². The van der Waals surface area contributed by atoms with Crippen molar-refractivity contribution in [1.29, 1.82) is 0 Å². The summed E-state index contributed by atoms with van der Waals surface area (Å²) in [7, 11) is 0.610. The highest BCUT2D eigenvalue weighted by atomic mass is 31.1. The van der Waals surface area contributed by atoms with Crippen molar-refractivity contribution in [2.24, 2.45) is 4.99 Å². The maximum atomic E-state index is 6.70. The van der Waals surface area contributed by atoms with Crippen LogP contribution in [0.5, 0.6) is 5.75 Å². The van der Waals surface area contributed by atoms with Crippen LogP contribution in [0.3, 0.4) is 0 Å². The van der Waals surface area contributed by atoms with Gasteiger partial charge in [0.05, 0.1) is 5.69 Å². The quantitative estimate of drug-likeness (QED) is 0.159. The monoisotopic (exact) mass is 521 g/mol. The first-order valence-electron chi connectivity index (χ1n) is 13.5. The maximum absolute atomic E-state index is 6.70. The summed E-state index contributed by atoms with van der Waals surface area (Å²) in [6.07, 6.45) is 3.07. The van der Waals surface area contributed by atoms with Crippen LogP contribution >= 0.6 is 8.58 Å². The van der Waals surface area contributed by atoms with E-state index in [1.54, 1.807) is 0 Å². The molecule has 0 radical (unpaired) electrons. The summed E-state index contributed by atoms with van der Waals surface area (Å²) in [5.74, 6) is 1.05. The average molecular weight is 522 g/mol. The number of ether oxygens (including phenoxy) is 1. The Morgan fingerprint density at radius 2 is 1.55 bits per heavy atom. The number of hydrogen-bond donors (Lipinski definition) is 0. The van der Waals surface area contributed by atoms with Crippen LogP contribution in [0.15, 0.2) is 96.0 Å². The molecule has 0 heterocycles. The zero-order valence-corrected chi connectivity index (χ0v) is 24.6. The molecule has 4 rings (SSSR count). The zero-order valence-electron chi connectivity index (χ0n) is 23.6. The molecule has 0 saturated heterocycles. The molecular formula is C35H40NOP. The summed E-state index contributed by atoms with van der Waals surface area (Å²) in [5, 5.41) is 1.38. The van der Waals surface area contributed by atoms with Gasteiger partial charge in [0.1, 0.15) is 12.4 Å². The second-order valence-corrected chi connectivity index (χ2v) is 12.5. The van der Waals surface area contributed by atoms with Crippen LogP contribution in [-0.4, -0.2) is 6.21 Å². The van der Waals surface area contributed by atoms with Crippen LogP contribution in [0.2, 0.25) is 0 Å². The molecule has 2 atom stereocenters. The molecule has 0 fully saturated rings. The number of para-hydroxylation sites is 1. The molecule has 0 aromatic heterocycles. The van der Waals surface area contributed by atoms with Crippen molar-refractivity contribution >= 4 is 25.8 Å². The van der Waals surface area contributed by atoms with Crippen molar-refractivity contribution in [3.8, 4) is 5.75 Å². The van der Waals surface area contributed by atoms with E-state index in [1.807, 2.05) is 36.5 Å². The second-order valence-electron chi connectivity index (χ2n) is 11.0. The molecule has 38 heavy (non-hydrogen) atoms. The van der Waals surface area contributed by atoms with Crippen LogP contribution in [0, 0.1) is 13.8 Å². The van der Waals surface area contributed by atoms with Gasteiger partial charge in [-0.15, -0.1) is 0 Å². The van der Waals surface area contributed by atoms with E-state index in [1.165, 1.54) is 38.7 Å². The number of nitrogens with zero attached hydrogens (tertiary/aromatic N) is 1. The van der Waals surface area contributed by atoms with Crippen molar-refractivity contribution < 1.29 is 4.74 Å². The fourth-order valence-corrected chi connectivity index (χ4v) is 6.28. The summed E-state index contributed by atoms with van der Waals surface area (Å²) in [6.45, 7) is 14.1. The molecule has 0 aliphatic heterocycles. The van der Waals surface area contributed by atoms with Gasteiger partial charge in [-0.2, -0.15) is 0 Å². The lowest BCUT2D eigenvalue weighted by molar-refractivity contribution is 0.294. The highest BCUT2D eigenvalue weighted by molar-refractivity contribution is 7.48. The average Bonchev–Trinajstić information content (AvgIpc) is 2.91. The Morgan fingerprint density at radius 1 is 0.868 bits per heavy atom. The summed E-state index contributed by atoms with van der Waals surface area (Å²) < 4.78 is 6.70. The van der Waals surface area contributed by atoms with Gasteiger partial charge < -0.3 is 4.74 Å². The molecule has 4 aromatic carbocycles. The minimum Gasteiger partial charge on any atom is -0.488 e. The van der Waals surface area contributed by atoms with E-state index in [9.17, 15) is 0 Å². The van der Waals surface area contributed by atoms with Gasteiger partial charge in [-0.3, -0.25) is 4.99 Å². The molecular weight excluding hydrogens is 481 g/mol. The largest absolute Gasteiger partial charge is 0.488 e. The van der Waals surface area contributed by atoms with Crippen molar-refractivity contribution in [1.82, 2.24) is 0 Å². The second kappa shape index (κ2) is 12.5. The lowest BCUT2D eigenvalue weighted by Crippen LogP contribution is -2.17. The smallest absolute Gasteiger partial charge is 0.127 e. The summed E-state index contributed by atoms with van der Waals surface area (Å²) >= 11 is 0. The molecule has 0 aliphatic carbocycles. The van der Waals surface area contributed by atoms with Crippen LogP contribution in [-0.2, 0) is 12.0 Å². The minimum absolute atomic E-state index is 0.0235. The number of aliphatic imine (C=N–C) groups is 1. The summed E-state index contributed by atoms with van der Waals surface area (Å²) in [6, 6.07) is 31.8. The Labute approximate surface area is 231 Å². The van der Waals surface area contributed by atoms with Crippen molar-refractivity contribution in [2.75, 3.05) is 0 Å². The Balaban J connectivity index is 1.74. The lowest BCUT2D eigenvalue weighted by atomic mass is 9.83. The minimum atomic E-state index is -0.0235. The predicted octanol–water partition coefficient (Wildman–Crippen LogP) is 9.39. The van der Waals surface area contributed by atoms with Gasteiger partial charge in [0, 0.05) is 28.6 Å². The molecule has 0 spiro atoms. The molecule has 4 aromatic rings. The van der Waals surface area contributed by atoms with E-state index in [0.717, 1.165) is 17.9 Å². The number of rotatable bonds is 9. The first-order valence-corrected chi connectivity index (χ1v) is 14.6. The molecule has 2 nitrogen and oxygen atoms in total. The Kier molecular flexibility index (Phi) is 9.18. The third kappa shape index (κ3) is 7.00. The Hall–Kier alpha value is -3.22. The maximum Gasteiger partial charge on any atom is 0.127 e. The highest BCUT2D eigenvalue weighted by Gasteiger charge is 2.26. The van der Waals surface area contributed by atoms with E-state index in [2.05, 4.69) is 102 Å². The fourth-order valence-electron chi connectivity index (χ4n) is 4.74. The van der Waals surface area contributed by atoms with Crippen molar-refractivity contribution in [3.05, 3.63) is 124 Å². The molecule has 2 unspecified atom stereocenters. The lowest BCUT2D eigenvalue weighted by Gasteiger charge is -2.29. The zero-order chi connectivity index (χ0) is 27.1. The van der Waals surface area contributed by atoms with Crippen LogP contribution in [0.1, 0.15) is 73.2 Å². The number of aryl methyl sites for hydroxylation is 2. The molecule has 0 amide bonds. The van der Waals surface area contributed by atoms with Crippen molar-refractivity contribution in [3.63, 3.8) is 0 Å². The Bertz CT molecular complexity index is 1370. The normalized spacial score (nSPS) is 12.9. The Morgan fingerprint density at radius 3 is 2.21 bits per heavy atom. The van der Waals surface area contributed by atoms with Crippen LogP contribution < -0.4 is 10.0 Å².